The fourth-order valence-electron chi connectivity index (χ4n) is 1.37. The minimum atomic E-state index is -0.472. The summed E-state index contributed by atoms with van der Waals surface area (Å²) in [5.41, 5.74) is 0. The zero-order chi connectivity index (χ0) is 12.7. The van der Waals surface area contributed by atoms with Crippen molar-refractivity contribution in [2.24, 2.45) is 0 Å². The first kappa shape index (κ1) is 14.3. The van der Waals surface area contributed by atoms with E-state index in [0.717, 1.165) is 6.42 Å². The minimum Gasteiger partial charge on any atom is -0.489 e. The first-order valence-electron chi connectivity index (χ1n) is 6.02. The van der Waals surface area contributed by atoms with Crippen LogP contribution in [0.15, 0.2) is 24.3 Å². The summed E-state index contributed by atoms with van der Waals surface area (Å²) in [4.78, 5) is 0. The molecule has 2 atom stereocenters. The average molecular weight is 259 g/mol. The van der Waals surface area contributed by atoms with Crippen LogP contribution in [-0.2, 0) is 0 Å². The van der Waals surface area contributed by atoms with Gasteiger partial charge in [0.2, 0.25) is 0 Å². The lowest BCUT2D eigenvalue weighted by atomic mass is 10.2. The third-order valence-electron chi connectivity index (χ3n) is 2.72. The molecular weight excluding hydrogens is 238 g/mol. The van der Waals surface area contributed by atoms with Crippen LogP contribution in [0.4, 0.5) is 0 Å². The Labute approximate surface area is 108 Å². The highest BCUT2D eigenvalue weighted by molar-refractivity contribution is 6.32. The SMILES string of the molecule is CC[C@H](C)[NH2+]C[C@H](O)COc1ccccc1Cl. The molecule has 1 aromatic carbocycles. The van der Waals surface area contributed by atoms with Crippen LogP contribution in [0.3, 0.4) is 0 Å². The number of nitrogens with two attached hydrogens (primary N) is 1. The molecule has 0 amide bonds. The molecule has 96 valence electrons. The Morgan fingerprint density at radius 3 is 2.76 bits per heavy atom. The van der Waals surface area contributed by atoms with Crippen LogP contribution in [0.1, 0.15) is 20.3 Å². The lowest BCUT2D eigenvalue weighted by Crippen LogP contribution is -2.91. The third-order valence-corrected chi connectivity index (χ3v) is 3.03. The number of quaternary nitrogens is 1. The maximum Gasteiger partial charge on any atom is 0.138 e. The van der Waals surface area contributed by atoms with Crippen LogP contribution < -0.4 is 10.1 Å². The van der Waals surface area contributed by atoms with Crippen molar-refractivity contribution >= 4 is 11.6 Å². The van der Waals surface area contributed by atoms with E-state index >= 15 is 0 Å². The molecular formula is C13H21ClNO2+. The molecule has 0 heterocycles. The van der Waals surface area contributed by atoms with Crippen molar-refractivity contribution < 1.29 is 15.2 Å². The number of para-hydroxylation sites is 1. The standard InChI is InChI=1S/C13H20ClNO2/c1-3-10(2)15-8-11(16)9-17-13-7-5-4-6-12(13)14/h4-7,10-11,15-16H,3,8-9H2,1-2H3/p+1/t10-,11-/m0/s1. The van der Waals surface area contributed by atoms with Gasteiger partial charge in [0.05, 0.1) is 11.1 Å². The summed E-state index contributed by atoms with van der Waals surface area (Å²) >= 11 is 5.94. The second-order valence-electron chi connectivity index (χ2n) is 4.25. The van der Waals surface area contributed by atoms with E-state index in [1.165, 1.54) is 0 Å². The Bertz CT molecular complexity index is 333. The van der Waals surface area contributed by atoms with E-state index in [2.05, 4.69) is 19.2 Å². The molecule has 0 aliphatic heterocycles. The molecule has 0 saturated heterocycles. The Morgan fingerprint density at radius 2 is 2.12 bits per heavy atom. The van der Waals surface area contributed by atoms with Crippen LogP contribution >= 0.6 is 11.6 Å². The van der Waals surface area contributed by atoms with Crippen molar-refractivity contribution in [1.82, 2.24) is 0 Å². The summed E-state index contributed by atoms with van der Waals surface area (Å²) in [6, 6.07) is 7.81. The van der Waals surface area contributed by atoms with Gasteiger partial charge in [0, 0.05) is 0 Å². The van der Waals surface area contributed by atoms with Gasteiger partial charge in [-0.2, -0.15) is 0 Å². The minimum absolute atomic E-state index is 0.274. The van der Waals surface area contributed by atoms with E-state index < -0.39 is 6.10 Å². The molecule has 0 bridgehead atoms. The topological polar surface area (TPSA) is 46.1 Å². The fourth-order valence-corrected chi connectivity index (χ4v) is 1.56. The Kier molecular flexibility index (Phi) is 6.34. The number of hydrogen-bond donors (Lipinski definition) is 2. The van der Waals surface area contributed by atoms with Gasteiger partial charge in [0.15, 0.2) is 0 Å². The van der Waals surface area contributed by atoms with Crippen molar-refractivity contribution in [3.8, 4) is 5.75 Å². The highest BCUT2D eigenvalue weighted by Gasteiger charge is 2.10. The number of aliphatic hydroxyl groups excluding tert-OH is 1. The van der Waals surface area contributed by atoms with Crippen molar-refractivity contribution in [3.05, 3.63) is 29.3 Å². The van der Waals surface area contributed by atoms with E-state index in [-0.39, 0.29) is 6.61 Å². The Hall–Kier alpha value is -0.770. The van der Waals surface area contributed by atoms with Gasteiger partial charge in [-0.15, -0.1) is 0 Å². The van der Waals surface area contributed by atoms with Gasteiger partial charge in [-0.05, 0) is 25.5 Å². The third kappa shape index (κ3) is 5.39. The largest absolute Gasteiger partial charge is 0.489 e. The van der Waals surface area contributed by atoms with Gasteiger partial charge in [-0.3, -0.25) is 0 Å². The molecule has 3 nitrogen and oxygen atoms in total. The van der Waals surface area contributed by atoms with Crippen LogP contribution in [0.2, 0.25) is 5.02 Å². The normalized spacial score (nSPS) is 14.4. The molecule has 0 spiro atoms. The van der Waals surface area contributed by atoms with E-state index in [1.807, 2.05) is 12.1 Å². The number of halogens is 1. The first-order chi connectivity index (χ1) is 8.13. The van der Waals surface area contributed by atoms with Gasteiger partial charge in [-0.1, -0.05) is 30.7 Å². The second-order valence-corrected chi connectivity index (χ2v) is 4.66. The van der Waals surface area contributed by atoms with Gasteiger partial charge >= 0.3 is 0 Å². The number of ether oxygens (including phenoxy) is 1. The van der Waals surface area contributed by atoms with Crippen molar-refractivity contribution in [2.75, 3.05) is 13.2 Å². The van der Waals surface area contributed by atoms with E-state index in [0.29, 0.717) is 23.4 Å². The van der Waals surface area contributed by atoms with Crippen LogP contribution in [0.5, 0.6) is 5.75 Å². The maximum atomic E-state index is 9.75. The quantitative estimate of drug-likeness (QED) is 0.778. The Morgan fingerprint density at radius 1 is 1.41 bits per heavy atom. The number of benzene rings is 1. The molecule has 3 N–H and O–H groups in total. The van der Waals surface area contributed by atoms with E-state index in [9.17, 15) is 5.11 Å². The summed E-state index contributed by atoms with van der Waals surface area (Å²) in [5, 5.41) is 12.4. The summed E-state index contributed by atoms with van der Waals surface area (Å²) in [5.74, 6) is 0.622. The first-order valence-corrected chi connectivity index (χ1v) is 6.40. The number of aliphatic hydroxyl groups is 1. The highest BCUT2D eigenvalue weighted by atomic mass is 35.5. The molecule has 1 rings (SSSR count). The van der Waals surface area contributed by atoms with Crippen LogP contribution in [0, 0.1) is 0 Å². The molecule has 17 heavy (non-hydrogen) atoms. The summed E-state index contributed by atoms with van der Waals surface area (Å²) < 4.78 is 5.46. The van der Waals surface area contributed by atoms with Crippen LogP contribution in [0.25, 0.3) is 0 Å². The van der Waals surface area contributed by atoms with Gasteiger partial charge in [0.1, 0.15) is 25.0 Å². The Balaban J connectivity index is 2.28. The predicted molar refractivity (Wildman–Crippen MR) is 69.5 cm³/mol. The van der Waals surface area contributed by atoms with E-state index in [1.54, 1.807) is 12.1 Å². The number of hydrogen-bond acceptors (Lipinski definition) is 2. The second kappa shape index (κ2) is 7.54. The molecule has 0 fully saturated rings. The molecule has 0 unspecified atom stereocenters. The van der Waals surface area contributed by atoms with Crippen molar-refractivity contribution in [3.63, 3.8) is 0 Å². The highest BCUT2D eigenvalue weighted by Crippen LogP contribution is 2.22. The zero-order valence-electron chi connectivity index (χ0n) is 10.4. The molecule has 4 heteroatoms. The summed E-state index contributed by atoms with van der Waals surface area (Å²) in [6.45, 7) is 5.20. The molecule has 0 radical (unpaired) electrons. The average Bonchev–Trinajstić information content (AvgIpc) is 2.35. The molecule has 0 aliphatic rings. The zero-order valence-corrected chi connectivity index (χ0v) is 11.2. The van der Waals surface area contributed by atoms with Gasteiger partial charge in [0.25, 0.3) is 0 Å². The molecule has 0 aromatic heterocycles. The monoisotopic (exact) mass is 258 g/mol. The molecule has 1 aromatic rings. The van der Waals surface area contributed by atoms with Crippen LogP contribution in [-0.4, -0.2) is 30.4 Å². The maximum absolute atomic E-state index is 9.75. The number of rotatable bonds is 7. The van der Waals surface area contributed by atoms with E-state index in [4.69, 9.17) is 16.3 Å². The molecule has 0 saturated carbocycles. The molecule has 0 aliphatic carbocycles. The van der Waals surface area contributed by atoms with Gasteiger partial charge < -0.3 is 15.2 Å². The summed E-state index contributed by atoms with van der Waals surface area (Å²) in [6.07, 6.45) is 0.623. The smallest absolute Gasteiger partial charge is 0.138 e. The predicted octanol–water partition coefficient (Wildman–Crippen LogP) is 1.44. The van der Waals surface area contributed by atoms with Crippen molar-refractivity contribution in [1.29, 1.82) is 0 Å². The van der Waals surface area contributed by atoms with Gasteiger partial charge in [-0.25, -0.2) is 0 Å². The lowest BCUT2D eigenvalue weighted by molar-refractivity contribution is -0.691. The van der Waals surface area contributed by atoms with Crippen molar-refractivity contribution in [2.45, 2.75) is 32.4 Å². The summed E-state index contributed by atoms with van der Waals surface area (Å²) in [7, 11) is 0. The fraction of sp³-hybridized carbons (Fsp3) is 0.538. The lowest BCUT2D eigenvalue weighted by Gasteiger charge is -2.14.